The number of carbonyl (C=O) groups excluding carboxylic acids is 1. The molecule has 0 aromatic rings. The van der Waals surface area contributed by atoms with E-state index in [-0.39, 0.29) is 12.5 Å². The molecular weight excluding hydrogens is 244 g/mol. The highest BCUT2D eigenvalue weighted by molar-refractivity contribution is 8.00. The number of aliphatic carboxylic acids is 1. The van der Waals surface area contributed by atoms with Crippen LogP contribution in [-0.4, -0.2) is 58.8 Å². The summed E-state index contributed by atoms with van der Waals surface area (Å²) in [6, 6.07) is 0. The summed E-state index contributed by atoms with van der Waals surface area (Å²) in [6.07, 6.45) is 0.577. The number of carboxylic acid groups (broad SMARTS) is 1. The van der Waals surface area contributed by atoms with Gasteiger partial charge < -0.3 is 20.8 Å². The number of amides is 1. The van der Waals surface area contributed by atoms with E-state index in [1.54, 1.807) is 11.8 Å². The molecule has 0 bridgehead atoms. The lowest BCUT2D eigenvalue weighted by molar-refractivity contribution is -0.146. The third kappa shape index (κ3) is 5.90. The fraction of sp³-hybridized carbons (Fsp3) is 0.800. The van der Waals surface area contributed by atoms with Crippen LogP contribution < -0.4 is 10.6 Å². The van der Waals surface area contributed by atoms with Crippen molar-refractivity contribution in [2.75, 3.05) is 25.4 Å². The summed E-state index contributed by atoms with van der Waals surface area (Å²) in [5.74, 6) is -1.23. The standard InChI is InChI=1S/C10H18N2O4S/c13-8(10(15)16)5-12-9(14)6-17-7-1-3-11-4-2-7/h7-8,11,13H,1-6H2,(H,12,14)(H,15,16). The van der Waals surface area contributed by atoms with Gasteiger partial charge in [0.15, 0.2) is 6.10 Å². The molecule has 0 aromatic carbocycles. The highest BCUT2D eigenvalue weighted by Gasteiger charge is 2.17. The molecule has 1 aliphatic heterocycles. The van der Waals surface area contributed by atoms with Gasteiger partial charge in [0.1, 0.15) is 0 Å². The summed E-state index contributed by atoms with van der Waals surface area (Å²) in [7, 11) is 0. The molecule has 0 aliphatic carbocycles. The van der Waals surface area contributed by atoms with E-state index in [9.17, 15) is 9.59 Å². The van der Waals surface area contributed by atoms with Crippen LogP contribution in [0.15, 0.2) is 0 Å². The highest BCUT2D eigenvalue weighted by Crippen LogP contribution is 2.19. The zero-order valence-corrected chi connectivity index (χ0v) is 10.3. The molecule has 1 atom stereocenters. The Morgan fingerprint density at radius 2 is 2.06 bits per heavy atom. The molecule has 4 N–H and O–H groups in total. The van der Waals surface area contributed by atoms with Crippen LogP contribution in [0, 0.1) is 0 Å². The summed E-state index contributed by atoms with van der Waals surface area (Å²) < 4.78 is 0. The molecule has 0 spiro atoms. The number of aliphatic hydroxyl groups excluding tert-OH is 1. The Balaban J connectivity index is 2.10. The topological polar surface area (TPSA) is 98.7 Å². The molecule has 6 nitrogen and oxygen atoms in total. The number of aliphatic hydroxyl groups is 1. The smallest absolute Gasteiger partial charge is 0.334 e. The van der Waals surface area contributed by atoms with Crippen LogP contribution in [0.1, 0.15) is 12.8 Å². The maximum Gasteiger partial charge on any atom is 0.334 e. The summed E-state index contributed by atoms with van der Waals surface area (Å²) >= 11 is 1.58. The van der Waals surface area contributed by atoms with Crippen molar-refractivity contribution in [3.05, 3.63) is 0 Å². The van der Waals surface area contributed by atoms with Crippen molar-refractivity contribution in [3.8, 4) is 0 Å². The lowest BCUT2D eigenvalue weighted by atomic mass is 10.2. The van der Waals surface area contributed by atoms with Crippen LogP contribution in [0.3, 0.4) is 0 Å². The molecule has 1 heterocycles. The molecule has 1 unspecified atom stereocenters. The fourth-order valence-electron chi connectivity index (χ4n) is 1.50. The Kier molecular flexibility index (Phi) is 6.31. The number of hydrogen-bond donors (Lipinski definition) is 4. The monoisotopic (exact) mass is 262 g/mol. The van der Waals surface area contributed by atoms with Crippen molar-refractivity contribution >= 4 is 23.6 Å². The molecule has 17 heavy (non-hydrogen) atoms. The van der Waals surface area contributed by atoms with Crippen molar-refractivity contribution in [2.24, 2.45) is 0 Å². The predicted molar refractivity (Wildman–Crippen MR) is 65.0 cm³/mol. The molecule has 1 saturated heterocycles. The maximum atomic E-state index is 11.4. The van der Waals surface area contributed by atoms with Crippen molar-refractivity contribution in [1.82, 2.24) is 10.6 Å². The molecule has 1 amide bonds. The molecule has 98 valence electrons. The van der Waals surface area contributed by atoms with Crippen molar-refractivity contribution < 1.29 is 19.8 Å². The third-order valence-electron chi connectivity index (χ3n) is 2.51. The number of piperidine rings is 1. The Bertz CT molecular complexity index is 269. The molecule has 0 aromatic heterocycles. The Morgan fingerprint density at radius 3 is 2.65 bits per heavy atom. The van der Waals surface area contributed by atoms with Gasteiger partial charge in [0.25, 0.3) is 0 Å². The predicted octanol–water partition coefficient (Wildman–Crippen LogP) is -0.967. The Labute approximate surface area is 104 Å². The van der Waals surface area contributed by atoms with E-state index in [2.05, 4.69) is 10.6 Å². The zero-order valence-electron chi connectivity index (χ0n) is 9.52. The number of thioether (sulfide) groups is 1. The largest absolute Gasteiger partial charge is 0.479 e. The number of rotatable bonds is 6. The van der Waals surface area contributed by atoms with Crippen LogP contribution in [0.5, 0.6) is 0 Å². The Hall–Kier alpha value is -0.790. The van der Waals surface area contributed by atoms with Crippen LogP contribution in [0.25, 0.3) is 0 Å². The second-order valence-electron chi connectivity index (χ2n) is 3.92. The number of hydrogen-bond acceptors (Lipinski definition) is 5. The lowest BCUT2D eigenvalue weighted by Gasteiger charge is -2.21. The van der Waals surface area contributed by atoms with Gasteiger partial charge in [-0.1, -0.05) is 0 Å². The van der Waals surface area contributed by atoms with Gasteiger partial charge >= 0.3 is 5.97 Å². The first-order chi connectivity index (χ1) is 8.09. The van der Waals surface area contributed by atoms with E-state index in [4.69, 9.17) is 10.2 Å². The van der Waals surface area contributed by atoms with Crippen LogP contribution in [-0.2, 0) is 9.59 Å². The fourth-order valence-corrected chi connectivity index (χ4v) is 2.56. The number of carbonyl (C=O) groups is 2. The first-order valence-electron chi connectivity index (χ1n) is 5.59. The van der Waals surface area contributed by atoms with Crippen LogP contribution >= 0.6 is 11.8 Å². The van der Waals surface area contributed by atoms with E-state index in [0.717, 1.165) is 25.9 Å². The van der Waals surface area contributed by atoms with Gasteiger partial charge in [-0.3, -0.25) is 4.79 Å². The minimum Gasteiger partial charge on any atom is -0.479 e. The van der Waals surface area contributed by atoms with Gasteiger partial charge in [0.2, 0.25) is 5.91 Å². The quantitative estimate of drug-likeness (QED) is 0.492. The summed E-state index contributed by atoms with van der Waals surface area (Å²) in [4.78, 5) is 21.7. The average Bonchev–Trinajstić information content (AvgIpc) is 2.34. The van der Waals surface area contributed by atoms with Gasteiger partial charge in [0, 0.05) is 5.25 Å². The van der Waals surface area contributed by atoms with Crippen molar-refractivity contribution in [3.63, 3.8) is 0 Å². The van der Waals surface area contributed by atoms with Crippen LogP contribution in [0.2, 0.25) is 0 Å². The molecule has 1 aliphatic rings. The van der Waals surface area contributed by atoms with Gasteiger partial charge in [0.05, 0.1) is 12.3 Å². The third-order valence-corrected chi connectivity index (χ3v) is 3.89. The van der Waals surface area contributed by atoms with Crippen LogP contribution in [0.4, 0.5) is 0 Å². The van der Waals surface area contributed by atoms with Gasteiger partial charge in [-0.15, -0.1) is 11.8 Å². The second-order valence-corrected chi connectivity index (χ2v) is 5.21. The number of carboxylic acids is 1. The Morgan fingerprint density at radius 1 is 1.41 bits per heavy atom. The van der Waals surface area contributed by atoms with E-state index in [1.807, 2.05) is 0 Å². The van der Waals surface area contributed by atoms with E-state index in [1.165, 1.54) is 0 Å². The van der Waals surface area contributed by atoms with E-state index in [0.29, 0.717) is 11.0 Å². The lowest BCUT2D eigenvalue weighted by Crippen LogP contribution is -2.38. The first kappa shape index (κ1) is 14.3. The maximum absolute atomic E-state index is 11.4. The minimum absolute atomic E-state index is 0.228. The summed E-state index contributed by atoms with van der Waals surface area (Å²) in [5, 5.41) is 23.5. The van der Waals surface area contributed by atoms with E-state index < -0.39 is 12.1 Å². The van der Waals surface area contributed by atoms with Crippen molar-refractivity contribution in [1.29, 1.82) is 0 Å². The molecular formula is C10H18N2O4S. The molecule has 0 radical (unpaired) electrons. The average molecular weight is 262 g/mol. The SMILES string of the molecule is O=C(CSC1CCNCC1)NCC(O)C(=O)O. The second kappa shape index (κ2) is 7.52. The van der Waals surface area contributed by atoms with E-state index >= 15 is 0 Å². The summed E-state index contributed by atoms with van der Waals surface area (Å²) in [6.45, 7) is 1.73. The molecule has 0 saturated carbocycles. The van der Waals surface area contributed by atoms with Gasteiger partial charge in [-0.25, -0.2) is 4.79 Å². The minimum atomic E-state index is -1.53. The number of nitrogens with one attached hydrogen (secondary N) is 2. The van der Waals surface area contributed by atoms with Crippen molar-refractivity contribution in [2.45, 2.75) is 24.2 Å². The molecule has 1 rings (SSSR count). The summed E-state index contributed by atoms with van der Waals surface area (Å²) in [5.41, 5.74) is 0. The molecule has 7 heteroatoms. The highest BCUT2D eigenvalue weighted by atomic mass is 32.2. The first-order valence-corrected chi connectivity index (χ1v) is 6.64. The van der Waals surface area contributed by atoms with Gasteiger partial charge in [-0.05, 0) is 25.9 Å². The zero-order chi connectivity index (χ0) is 12.7. The normalized spacial score (nSPS) is 18.6. The molecule has 1 fully saturated rings. The van der Waals surface area contributed by atoms with Gasteiger partial charge in [-0.2, -0.15) is 0 Å².